The van der Waals surface area contributed by atoms with Crippen LogP contribution in [0.2, 0.25) is 0 Å². The summed E-state index contributed by atoms with van der Waals surface area (Å²) in [5.41, 5.74) is 5.26. The van der Waals surface area contributed by atoms with Crippen LogP contribution < -0.4 is 5.32 Å². The van der Waals surface area contributed by atoms with Gasteiger partial charge in [0.15, 0.2) is 0 Å². The van der Waals surface area contributed by atoms with Gasteiger partial charge in [0.05, 0.1) is 32.8 Å². The predicted octanol–water partition coefficient (Wildman–Crippen LogP) is 3.89. The number of halogens is 1. The van der Waals surface area contributed by atoms with Gasteiger partial charge < -0.3 is 5.32 Å². The van der Waals surface area contributed by atoms with Gasteiger partial charge in [-0.1, -0.05) is 18.2 Å². The van der Waals surface area contributed by atoms with Crippen molar-refractivity contribution in [2.45, 2.75) is 40.7 Å². The number of para-hydroxylation sites is 1. The maximum atomic E-state index is 12.7. The predicted molar refractivity (Wildman–Crippen MR) is 109 cm³/mol. The van der Waals surface area contributed by atoms with Crippen LogP contribution in [-0.2, 0) is 6.54 Å². The van der Waals surface area contributed by atoms with Gasteiger partial charge in [-0.25, -0.2) is 4.68 Å². The van der Waals surface area contributed by atoms with E-state index in [1.807, 2.05) is 67.4 Å². The smallest absolute Gasteiger partial charge is 0.255 e. The Morgan fingerprint density at radius 1 is 1.04 bits per heavy atom. The molecule has 0 aliphatic rings. The zero-order valence-corrected chi connectivity index (χ0v) is 17.7. The molecule has 1 aromatic carbocycles. The van der Waals surface area contributed by atoms with Crippen molar-refractivity contribution in [1.29, 1.82) is 0 Å². The van der Waals surface area contributed by atoms with Crippen molar-refractivity contribution in [1.82, 2.24) is 24.9 Å². The first-order valence-corrected chi connectivity index (χ1v) is 9.78. The molecule has 27 heavy (non-hydrogen) atoms. The highest BCUT2D eigenvalue weighted by Crippen LogP contribution is 2.20. The quantitative estimate of drug-likeness (QED) is 0.604. The number of hydrogen-bond donors (Lipinski definition) is 1. The Morgan fingerprint density at radius 2 is 1.74 bits per heavy atom. The van der Waals surface area contributed by atoms with E-state index < -0.39 is 0 Å². The second-order valence-corrected chi connectivity index (χ2v) is 7.40. The standard InChI is InChI=1S/C20H24BrN5O/c1-13-18(15(3)26(24-13)17-9-6-5-7-10-17)20(27)22-11-8-12-25-16(4)19(21)14(2)23-25/h5-7,9-10H,8,11-12H2,1-4H3,(H,22,27). The van der Waals surface area contributed by atoms with E-state index in [1.165, 1.54) is 0 Å². The largest absolute Gasteiger partial charge is 0.352 e. The average molecular weight is 430 g/mol. The normalized spacial score (nSPS) is 11.0. The number of aryl methyl sites for hydroxylation is 3. The van der Waals surface area contributed by atoms with E-state index in [2.05, 4.69) is 31.4 Å². The van der Waals surface area contributed by atoms with Crippen LogP contribution in [0.4, 0.5) is 0 Å². The van der Waals surface area contributed by atoms with Crippen LogP contribution in [0.25, 0.3) is 5.69 Å². The summed E-state index contributed by atoms with van der Waals surface area (Å²) in [6, 6.07) is 9.84. The molecule has 0 bridgehead atoms. The fourth-order valence-corrected chi connectivity index (χ4v) is 3.49. The number of amides is 1. The number of aromatic nitrogens is 4. The Kier molecular flexibility index (Phi) is 5.79. The van der Waals surface area contributed by atoms with Crippen LogP contribution in [0.1, 0.15) is 39.6 Å². The number of hydrogen-bond acceptors (Lipinski definition) is 3. The Labute approximate surface area is 167 Å². The lowest BCUT2D eigenvalue weighted by molar-refractivity contribution is 0.0951. The van der Waals surface area contributed by atoms with E-state index in [-0.39, 0.29) is 5.91 Å². The Morgan fingerprint density at radius 3 is 2.37 bits per heavy atom. The highest BCUT2D eigenvalue weighted by atomic mass is 79.9. The molecule has 3 aromatic rings. The molecular weight excluding hydrogens is 406 g/mol. The first kappa shape index (κ1) is 19.4. The molecule has 3 rings (SSSR count). The molecule has 0 fully saturated rings. The summed E-state index contributed by atoms with van der Waals surface area (Å²) in [5.74, 6) is -0.0817. The van der Waals surface area contributed by atoms with Crippen molar-refractivity contribution in [2.75, 3.05) is 6.54 Å². The SMILES string of the molecule is Cc1nn(CCCNC(=O)c2c(C)nn(-c3ccccc3)c2C)c(C)c1Br. The molecule has 0 saturated heterocycles. The minimum absolute atomic E-state index is 0.0817. The number of carbonyl (C=O) groups is 1. The van der Waals surface area contributed by atoms with Crippen molar-refractivity contribution in [3.05, 3.63) is 63.1 Å². The third kappa shape index (κ3) is 3.98. The summed E-state index contributed by atoms with van der Waals surface area (Å²) in [5, 5.41) is 12.0. The van der Waals surface area contributed by atoms with Crippen molar-refractivity contribution >= 4 is 21.8 Å². The molecule has 7 heteroatoms. The van der Waals surface area contributed by atoms with Crippen LogP contribution in [0.15, 0.2) is 34.8 Å². The molecule has 6 nitrogen and oxygen atoms in total. The van der Waals surface area contributed by atoms with E-state index in [4.69, 9.17) is 0 Å². The van der Waals surface area contributed by atoms with E-state index in [9.17, 15) is 4.79 Å². The van der Waals surface area contributed by atoms with Gasteiger partial charge in [-0.05, 0) is 62.2 Å². The van der Waals surface area contributed by atoms with Gasteiger partial charge in [-0.15, -0.1) is 0 Å². The second kappa shape index (κ2) is 8.08. The summed E-state index contributed by atoms with van der Waals surface area (Å²) < 4.78 is 4.83. The van der Waals surface area contributed by atoms with Gasteiger partial charge in [-0.2, -0.15) is 10.2 Å². The summed E-state index contributed by atoms with van der Waals surface area (Å²) in [7, 11) is 0. The van der Waals surface area contributed by atoms with Gasteiger partial charge in [0.1, 0.15) is 0 Å². The fourth-order valence-electron chi connectivity index (χ4n) is 3.20. The molecule has 0 radical (unpaired) electrons. The third-order valence-electron chi connectivity index (χ3n) is 4.64. The molecule has 1 amide bonds. The highest BCUT2D eigenvalue weighted by molar-refractivity contribution is 9.10. The summed E-state index contributed by atoms with van der Waals surface area (Å²) in [4.78, 5) is 12.7. The van der Waals surface area contributed by atoms with Crippen LogP contribution in [0.3, 0.4) is 0 Å². The lowest BCUT2D eigenvalue weighted by Crippen LogP contribution is -2.26. The van der Waals surface area contributed by atoms with Crippen LogP contribution >= 0.6 is 15.9 Å². The van der Waals surface area contributed by atoms with Gasteiger partial charge in [-0.3, -0.25) is 9.48 Å². The second-order valence-electron chi connectivity index (χ2n) is 6.61. The van der Waals surface area contributed by atoms with Crippen molar-refractivity contribution < 1.29 is 4.79 Å². The molecule has 0 unspecified atom stereocenters. The molecule has 142 valence electrons. The molecule has 0 saturated carbocycles. The number of nitrogens with one attached hydrogen (secondary N) is 1. The van der Waals surface area contributed by atoms with Crippen molar-refractivity contribution in [2.24, 2.45) is 0 Å². The van der Waals surface area contributed by atoms with Crippen LogP contribution in [-0.4, -0.2) is 32.0 Å². The molecule has 0 spiro atoms. The first-order chi connectivity index (χ1) is 12.9. The minimum Gasteiger partial charge on any atom is -0.352 e. The topological polar surface area (TPSA) is 64.7 Å². The minimum atomic E-state index is -0.0817. The fraction of sp³-hybridized carbons (Fsp3) is 0.350. The Hall–Kier alpha value is -2.41. The first-order valence-electron chi connectivity index (χ1n) is 8.99. The van der Waals surface area contributed by atoms with Crippen molar-refractivity contribution in [3.8, 4) is 5.69 Å². The molecule has 2 aromatic heterocycles. The van der Waals surface area contributed by atoms with Crippen LogP contribution in [0.5, 0.6) is 0 Å². The summed E-state index contributed by atoms with van der Waals surface area (Å²) >= 11 is 3.54. The van der Waals surface area contributed by atoms with E-state index in [1.54, 1.807) is 0 Å². The number of carbonyl (C=O) groups excluding carboxylic acids is 1. The molecular formula is C20H24BrN5O. The van der Waals surface area contributed by atoms with Crippen molar-refractivity contribution in [3.63, 3.8) is 0 Å². The summed E-state index contributed by atoms with van der Waals surface area (Å²) in [6.07, 6.45) is 0.811. The van der Waals surface area contributed by atoms with E-state index in [0.29, 0.717) is 12.1 Å². The molecule has 2 heterocycles. The summed E-state index contributed by atoms with van der Waals surface area (Å²) in [6.45, 7) is 9.16. The van der Waals surface area contributed by atoms with Gasteiger partial charge in [0, 0.05) is 18.8 Å². The Balaban J connectivity index is 1.63. The van der Waals surface area contributed by atoms with E-state index >= 15 is 0 Å². The maximum Gasteiger partial charge on any atom is 0.255 e. The molecule has 0 aliphatic carbocycles. The zero-order chi connectivity index (χ0) is 19.6. The third-order valence-corrected chi connectivity index (χ3v) is 5.79. The van der Waals surface area contributed by atoms with Gasteiger partial charge >= 0.3 is 0 Å². The van der Waals surface area contributed by atoms with Gasteiger partial charge in [0.2, 0.25) is 0 Å². The number of benzene rings is 1. The Bertz CT molecular complexity index is 959. The molecule has 0 atom stereocenters. The number of rotatable bonds is 6. The molecule has 1 N–H and O–H groups in total. The lowest BCUT2D eigenvalue weighted by Gasteiger charge is -2.08. The number of nitrogens with zero attached hydrogens (tertiary/aromatic N) is 4. The highest BCUT2D eigenvalue weighted by Gasteiger charge is 2.19. The zero-order valence-electron chi connectivity index (χ0n) is 16.1. The van der Waals surface area contributed by atoms with Gasteiger partial charge in [0.25, 0.3) is 5.91 Å². The molecule has 0 aliphatic heterocycles. The lowest BCUT2D eigenvalue weighted by atomic mass is 10.2. The monoisotopic (exact) mass is 429 g/mol. The van der Waals surface area contributed by atoms with E-state index in [0.717, 1.165) is 45.9 Å². The average Bonchev–Trinajstić information content (AvgIpc) is 3.09. The van der Waals surface area contributed by atoms with Crippen LogP contribution in [0, 0.1) is 27.7 Å². The maximum absolute atomic E-state index is 12.7.